The van der Waals surface area contributed by atoms with Crippen LogP contribution in [0.1, 0.15) is 50.9 Å². The van der Waals surface area contributed by atoms with E-state index in [1.807, 2.05) is 18.7 Å². The fraction of sp³-hybridized carbons (Fsp3) is 0.323. The normalized spacial score (nSPS) is 14.4. The fourth-order valence-electron chi connectivity index (χ4n) is 4.87. The van der Waals surface area contributed by atoms with Crippen LogP contribution >= 0.6 is 0 Å². The largest absolute Gasteiger partial charge is 0.416 e. The zero-order valence-electron chi connectivity index (χ0n) is 24.1. The number of nitrogens with two attached hydrogens (primary N) is 1. The van der Waals surface area contributed by atoms with E-state index in [-0.39, 0.29) is 29.2 Å². The van der Waals surface area contributed by atoms with Gasteiger partial charge in [0, 0.05) is 56.4 Å². The molecule has 1 aliphatic rings. The van der Waals surface area contributed by atoms with Gasteiger partial charge in [-0.3, -0.25) is 14.7 Å². The summed E-state index contributed by atoms with van der Waals surface area (Å²) in [5.74, 6) is 5.46. The summed E-state index contributed by atoms with van der Waals surface area (Å²) in [4.78, 5) is 34.6. The SMILES string of the molecule is CCN1CCN(Cc2ccc(NC(=O)c3cncc(C#Cc4c(N)ncc5nc(C)c(C)nc45)c3)cc2C(F)(F)F)CC1. The zero-order valence-corrected chi connectivity index (χ0v) is 24.1. The number of piperazine rings is 1. The van der Waals surface area contributed by atoms with E-state index in [4.69, 9.17) is 5.73 Å². The van der Waals surface area contributed by atoms with Crippen molar-refractivity contribution in [2.24, 2.45) is 0 Å². The molecule has 1 aromatic carbocycles. The molecule has 5 rings (SSSR count). The minimum Gasteiger partial charge on any atom is -0.383 e. The third kappa shape index (κ3) is 6.90. The summed E-state index contributed by atoms with van der Waals surface area (Å²) in [6.45, 7) is 9.91. The number of likely N-dealkylation sites (N-methyl/N-ethyl adjacent to an activating group) is 1. The number of amides is 1. The van der Waals surface area contributed by atoms with Crippen molar-refractivity contribution in [3.05, 3.63) is 82.1 Å². The average molecular weight is 589 g/mol. The fourth-order valence-corrected chi connectivity index (χ4v) is 4.87. The number of nitrogen functional groups attached to an aromatic ring is 1. The average Bonchev–Trinajstić information content (AvgIpc) is 2.98. The Kier molecular flexibility index (Phi) is 8.57. The molecule has 0 bridgehead atoms. The lowest BCUT2D eigenvalue weighted by Gasteiger charge is -2.34. The van der Waals surface area contributed by atoms with Crippen molar-refractivity contribution < 1.29 is 18.0 Å². The van der Waals surface area contributed by atoms with Crippen molar-refractivity contribution in [1.29, 1.82) is 0 Å². The molecule has 0 spiro atoms. The van der Waals surface area contributed by atoms with E-state index < -0.39 is 17.6 Å². The van der Waals surface area contributed by atoms with Gasteiger partial charge in [0.05, 0.1) is 34.3 Å². The standard InChI is InChI=1S/C31H31F3N8O/c1-4-41-9-11-42(12-10-41)18-22-6-7-24(14-26(22)31(32,33)34)40-30(43)23-13-21(15-36-16-23)5-8-25-28-27(17-37-29(25)35)38-19(2)20(3)39-28/h6-7,13-17H,4,9-12,18H2,1-3H3,(H2,35,37)(H,40,43). The molecule has 1 amide bonds. The van der Waals surface area contributed by atoms with Crippen molar-refractivity contribution in [1.82, 2.24) is 29.7 Å². The van der Waals surface area contributed by atoms with Gasteiger partial charge in [-0.15, -0.1) is 0 Å². The lowest BCUT2D eigenvalue weighted by Crippen LogP contribution is -2.45. The number of hydrogen-bond acceptors (Lipinski definition) is 8. The molecule has 3 N–H and O–H groups in total. The third-order valence-electron chi connectivity index (χ3n) is 7.46. The Morgan fingerprint density at radius 2 is 1.72 bits per heavy atom. The number of carbonyl (C=O) groups is 1. The van der Waals surface area contributed by atoms with Gasteiger partial charge >= 0.3 is 6.18 Å². The Hall–Kier alpha value is -4.60. The van der Waals surface area contributed by atoms with Crippen LogP contribution in [0.4, 0.5) is 24.7 Å². The van der Waals surface area contributed by atoms with Crippen LogP contribution in [0, 0.1) is 25.7 Å². The predicted molar refractivity (Wildman–Crippen MR) is 158 cm³/mol. The number of anilines is 2. The highest BCUT2D eigenvalue weighted by Crippen LogP contribution is 2.35. The maximum absolute atomic E-state index is 14.0. The number of nitrogens with one attached hydrogen (secondary N) is 1. The summed E-state index contributed by atoms with van der Waals surface area (Å²) >= 11 is 0. The maximum atomic E-state index is 14.0. The molecule has 1 saturated heterocycles. The van der Waals surface area contributed by atoms with Gasteiger partial charge in [0.15, 0.2) is 0 Å². The first kappa shape index (κ1) is 29.9. The number of pyridine rings is 2. The highest BCUT2D eigenvalue weighted by Gasteiger charge is 2.34. The van der Waals surface area contributed by atoms with Crippen molar-refractivity contribution in [2.75, 3.05) is 43.8 Å². The molecule has 12 heteroatoms. The monoisotopic (exact) mass is 588 g/mol. The molecule has 9 nitrogen and oxygen atoms in total. The van der Waals surface area contributed by atoms with Crippen LogP contribution in [-0.4, -0.2) is 68.4 Å². The molecule has 0 atom stereocenters. The number of alkyl halides is 3. The number of carbonyl (C=O) groups excluding carboxylic acids is 1. The molecule has 0 aliphatic carbocycles. The molecule has 222 valence electrons. The minimum absolute atomic E-state index is 0.0344. The topological polar surface area (TPSA) is 113 Å². The highest BCUT2D eigenvalue weighted by atomic mass is 19.4. The molecule has 4 heterocycles. The quantitative estimate of drug-likeness (QED) is 0.330. The van der Waals surface area contributed by atoms with Gasteiger partial charge < -0.3 is 16.0 Å². The number of benzene rings is 1. The second-order valence-electron chi connectivity index (χ2n) is 10.4. The smallest absolute Gasteiger partial charge is 0.383 e. The number of fused-ring (bicyclic) bond motifs is 1. The molecule has 0 unspecified atom stereocenters. The van der Waals surface area contributed by atoms with E-state index >= 15 is 0 Å². The second kappa shape index (κ2) is 12.3. The van der Waals surface area contributed by atoms with E-state index in [9.17, 15) is 18.0 Å². The first-order valence-electron chi connectivity index (χ1n) is 13.8. The molecule has 4 aromatic rings. The summed E-state index contributed by atoms with van der Waals surface area (Å²) in [5, 5.41) is 2.57. The summed E-state index contributed by atoms with van der Waals surface area (Å²) < 4.78 is 42.1. The van der Waals surface area contributed by atoms with E-state index in [0.717, 1.165) is 37.1 Å². The second-order valence-corrected chi connectivity index (χ2v) is 10.4. The Bertz CT molecular complexity index is 1740. The Morgan fingerprint density at radius 1 is 1.00 bits per heavy atom. The number of aryl methyl sites for hydroxylation is 2. The predicted octanol–water partition coefficient (Wildman–Crippen LogP) is 4.43. The molecule has 3 aromatic heterocycles. The Labute approximate surface area is 247 Å². The van der Waals surface area contributed by atoms with Gasteiger partial charge in [0.2, 0.25) is 0 Å². The van der Waals surface area contributed by atoms with E-state index in [2.05, 4.69) is 48.9 Å². The molecule has 43 heavy (non-hydrogen) atoms. The van der Waals surface area contributed by atoms with Crippen LogP contribution in [0.2, 0.25) is 0 Å². The van der Waals surface area contributed by atoms with Crippen LogP contribution in [-0.2, 0) is 12.7 Å². The van der Waals surface area contributed by atoms with Crippen LogP contribution in [0.25, 0.3) is 11.0 Å². The number of nitrogens with zero attached hydrogens (tertiary/aromatic N) is 6. The van der Waals surface area contributed by atoms with Gasteiger partial charge in [-0.25, -0.2) is 15.0 Å². The number of halogens is 3. The maximum Gasteiger partial charge on any atom is 0.416 e. The summed E-state index contributed by atoms with van der Waals surface area (Å²) in [6, 6.07) is 5.40. The Morgan fingerprint density at radius 3 is 2.44 bits per heavy atom. The summed E-state index contributed by atoms with van der Waals surface area (Å²) in [7, 11) is 0. The van der Waals surface area contributed by atoms with Crippen molar-refractivity contribution >= 4 is 28.4 Å². The third-order valence-corrected chi connectivity index (χ3v) is 7.46. The lowest BCUT2D eigenvalue weighted by atomic mass is 10.0. The van der Waals surface area contributed by atoms with E-state index in [1.54, 1.807) is 0 Å². The van der Waals surface area contributed by atoms with Crippen LogP contribution in [0.3, 0.4) is 0 Å². The summed E-state index contributed by atoms with van der Waals surface area (Å²) in [6.07, 6.45) is -0.248. The molecular formula is C31H31F3N8O. The van der Waals surface area contributed by atoms with Gasteiger partial charge in [0.25, 0.3) is 5.91 Å². The van der Waals surface area contributed by atoms with Crippen molar-refractivity contribution in [3.63, 3.8) is 0 Å². The van der Waals surface area contributed by atoms with Gasteiger partial charge in [-0.2, -0.15) is 13.2 Å². The van der Waals surface area contributed by atoms with E-state index in [0.29, 0.717) is 35.2 Å². The lowest BCUT2D eigenvalue weighted by molar-refractivity contribution is -0.138. The number of rotatable bonds is 5. The number of aromatic nitrogens is 4. The number of hydrogen-bond donors (Lipinski definition) is 2. The molecule has 0 radical (unpaired) electrons. The van der Waals surface area contributed by atoms with Crippen LogP contribution in [0.15, 0.2) is 42.9 Å². The van der Waals surface area contributed by atoms with Crippen LogP contribution < -0.4 is 11.1 Å². The molecule has 1 aliphatic heterocycles. The van der Waals surface area contributed by atoms with Crippen molar-refractivity contribution in [2.45, 2.75) is 33.5 Å². The van der Waals surface area contributed by atoms with Gasteiger partial charge in [0.1, 0.15) is 16.9 Å². The van der Waals surface area contributed by atoms with Crippen LogP contribution in [0.5, 0.6) is 0 Å². The minimum atomic E-state index is -4.57. The molecular weight excluding hydrogens is 557 g/mol. The van der Waals surface area contributed by atoms with E-state index in [1.165, 1.54) is 36.8 Å². The highest BCUT2D eigenvalue weighted by molar-refractivity contribution is 6.04. The summed E-state index contributed by atoms with van der Waals surface area (Å²) in [5.41, 5.74) is 9.01. The Balaban J connectivity index is 1.35. The van der Waals surface area contributed by atoms with Gasteiger partial charge in [-0.1, -0.05) is 24.8 Å². The first-order chi connectivity index (χ1) is 20.5. The molecule has 0 saturated carbocycles. The molecule has 1 fully saturated rings. The van der Waals surface area contributed by atoms with Gasteiger partial charge in [-0.05, 0) is 44.2 Å². The zero-order chi connectivity index (χ0) is 30.7. The van der Waals surface area contributed by atoms with Crippen molar-refractivity contribution in [3.8, 4) is 11.8 Å². The first-order valence-corrected chi connectivity index (χ1v) is 13.8.